The maximum absolute atomic E-state index is 9.47. The van der Waals surface area contributed by atoms with Gasteiger partial charge in [0.05, 0.1) is 6.61 Å². The first-order valence-electron chi connectivity index (χ1n) is 6.91. The molecule has 3 heteroatoms. The summed E-state index contributed by atoms with van der Waals surface area (Å²) >= 11 is 0. The van der Waals surface area contributed by atoms with Gasteiger partial charge in [0.1, 0.15) is 0 Å². The molecule has 96 valence electrons. The summed E-state index contributed by atoms with van der Waals surface area (Å²) in [5, 5.41) is 9.47. The van der Waals surface area contributed by atoms with E-state index >= 15 is 0 Å². The number of ether oxygens (including phenoxy) is 2. The second kappa shape index (κ2) is 5.09. The van der Waals surface area contributed by atoms with E-state index in [1.54, 1.807) is 0 Å². The Morgan fingerprint density at radius 2 is 2.00 bits per heavy atom. The highest BCUT2D eigenvalue weighted by molar-refractivity contribution is 5.13. The van der Waals surface area contributed by atoms with Gasteiger partial charge in [-0.3, -0.25) is 0 Å². The summed E-state index contributed by atoms with van der Waals surface area (Å²) in [6.07, 6.45) is 9.21. The van der Waals surface area contributed by atoms with Crippen molar-refractivity contribution in [2.45, 2.75) is 32.0 Å². The largest absolute Gasteiger partial charge is 0.396 e. The second-order valence-corrected chi connectivity index (χ2v) is 5.59. The molecule has 0 aromatic rings. The van der Waals surface area contributed by atoms with Crippen molar-refractivity contribution >= 4 is 0 Å². The van der Waals surface area contributed by atoms with Crippen molar-refractivity contribution in [3.8, 4) is 0 Å². The molecule has 1 aliphatic heterocycles. The molecule has 1 heterocycles. The van der Waals surface area contributed by atoms with E-state index in [2.05, 4.69) is 12.2 Å². The van der Waals surface area contributed by atoms with Gasteiger partial charge in [0.15, 0.2) is 6.29 Å². The van der Waals surface area contributed by atoms with Crippen molar-refractivity contribution in [3.63, 3.8) is 0 Å². The minimum Gasteiger partial charge on any atom is -0.396 e. The van der Waals surface area contributed by atoms with E-state index in [1.807, 2.05) is 0 Å². The predicted octanol–water partition coefficient (Wildman–Crippen LogP) is 1.96. The first kappa shape index (κ1) is 11.7. The van der Waals surface area contributed by atoms with Crippen LogP contribution < -0.4 is 0 Å². The quantitative estimate of drug-likeness (QED) is 0.761. The zero-order valence-corrected chi connectivity index (χ0v) is 10.3. The van der Waals surface area contributed by atoms with Crippen LogP contribution in [0.25, 0.3) is 0 Å². The molecular weight excluding hydrogens is 216 g/mol. The Labute approximate surface area is 103 Å². The summed E-state index contributed by atoms with van der Waals surface area (Å²) in [6, 6.07) is 0. The highest BCUT2D eigenvalue weighted by Crippen LogP contribution is 2.47. The van der Waals surface area contributed by atoms with Gasteiger partial charge >= 0.3 is 0 Å². The van der Waals surface area contributed by atoms with Gasteiger partial charge in [0.25, 0.3) is 0 Å². The van der Waals surface area contributed by atoms with E-state index in [4.69, 9.17) is 9.47 Å². The van der Waals surface area contributed by atoms with E-state index in [0.717, 1.165) is 26.1 Å². The number of aliphatic hydroxyl groups is 1. The van der Waals surface area contributed by atoms with Gasteiger partial charge in [-0.15, -0.1) is 0 Å². The Hall–Kier alpha value is -0.380. The first-order chi connectivity index (χ1) is 8.38. The van der Waals surface area contributed by atoms with E-state index in [1.165, 1.54) is 12.8 Å². The highest BCUT2D eigenvalue weighted by atomic mass is 16.7. The topological polar surface area (TPSA) is 38.7 Å². The van der Waals surface area contributed by atoms with Gasteiger partial charge in [0.2, 0.25) is 0 Å². The number of hydrogen-bond donors (Lipinski definition) is 1. The molecule has 5 atom stereocenters. The Bertz CT molecular complexity index is 283. The molecule has 0 amide bonds. The number of allylic oxidation sites excluding steroid dienone is 2. The highest BCUT2D eigenvalue weighted by Gasteiger charge is 2.44. The molecule has 0 radical (unpaired) electrons. The lowest BCUT2D eigenvalue weighted by molar-refractivity contribution is -0.173. The van der Waals surface area contributed by atoms with E-state index < -0.39 is 0 Å². The zero-order chi connectivity index (χ0) is 11.7. The average Bonchev–Trinajstić information content (AvgIpc) is 2.97. The Kier molecular flexibility index (Phi) is 3.50. The fourth-order valence-corrected chi connectivity index (χ4v) is 3.61. The summed E-state index contributed by atoms with van der Waals surface area (Å²) in [6.45, 7) is 1.89. The van der Waals surface area contributed by atoms with Gasteiger partial charge in [-0.1, -0.05) is 12.2 Å². The predicted molar refractivity (Wildman–Crippen MR) is 64.3 cm³/mol. The van der Waals surface area contributed by atoms with Gasteiger partial charge in [-0.25, -0.2) is 0 Å². The summed E-state index contributed by atoms with van der Waals surface area (Å²) in [4.78, 5) is 0. The molecule has 0 aromatic heterocycles. The molecule has 1 unspecified atom stereocenters. The first-order valence-corrected chi connectivity index (χ1v) is 6.91. The lowest BCUT2D eigenvalue weighted by Gasteiger charge is -2.29. The van der Waals surface area contributed by atoms with Crippen molar-refractivity contribution in [2.75, 3.05) is 19.8 Å². The van der Waals surface area contributed by atoms with E-state index in [-0.39, 0.29) is 6.29 Å². The van der Waals surface area contributed by atoms with Crippen LogP contribution in [0, 0.1) is 23.7 Å². The molecule has 2 fully saturated rings. The monoisotopic (exact) mass is 238 g/mol. The summed E-state index contributed by atoms with van der Waals surface area (Å²) < 4.78 is 11.5. The minimum atomic E-state index is 0.00574. The molecule has 3 nitrogen and oxygen atoms in total. The number of fused-ring (bicyclic) bond motifs is 2. The summed E-state index contributed by atoms with van der Waals surface area (Å²) in [7, 11) is 0. The molecular formula is C14H22O3. The summed E-state index contributed by atoms with van der Waals surface area (Å²) in [5.41, 5.74) is 0. The molecule has 0 aromatic carbocycles. The maximum atomic E-state index is 9.47. The molecule has 3 rings (SSSR count). The van der Waals surface area contributed by atoms with Gasteiger partial charge in [-0.2, -0.15) is 0 Å². The van der Waals surface area contributed by atoms with Crippen molar-refractivity contribution in [3.05, 3.63) is 12.2 Å². The van der Waals surface area contributed by atoms with Crippen LogP contribution in [0.3, 0.4) is 0 Å². The molecule has 1 saturated carbocycles. The van der Waals surface area contributed by atoms with Crippen LogP contribution in [-0.4, -0.2) is 31.2 Å². The second-order valence-electron chi connectivity index (χ2n) is 5.59. The van der Waals surface area contributed by atoms with Crippen LogP contribution >= 0.6 is 0 Å². The van der Waals surface area contributed by atoms with Gasteiger partial charge in [0, 0.05) is 13.2 Å². The third-order valence-corrected chi connectivity index (χ3v) is 4.62. The molecule has 17 heavy (non-hydrogen) atoms. The van der Waals surface area contributed by atoms with Crippen molar-refractivity contribution in [1.29, 1.82) is 0 Å². The van der Waals surface area contributed by atoms with Crippen LogP contribution in [0.2, 0.25) is 0 Å². The zero-order valence-electron chi connectivity index (χ0n) is 10.3. The van der Waals surface area contributed by atoms with E-state index in [0.29, 0.717) is 30.3 Å². The van der Waals surface area contributed by atoms with Gasteiger partial charge < -0.3 is 14.6 Å². The van der Waals surface area contributed by atoms with Crippen LogP contribution in [0.15, 0.2) is 12.2 Å². The van der Waals surface area contributed by atoms with Crippen molar-refractivity contribution in [2.24, 2.45) is 23.7 Å². The number of rotatable bonds is 4. The van der Waals surface area contributed by atoms with Crippen molar-refractivity contribution in [1.82, 2.24) is 0 Å². The molecule has 1 N–H and O–H groups in total. The standard InChI is InChI=1S/C14H22O3/c15-8-12-10-4-5-11(7-10)13(12)9-17-14-3-1-2-6-16-14/h4-5,10-15H,1-3,6-9H2/t10-,11+,12-,13+,14?/m0/s1. The summed E-state index contributed by atoms with van der Waals surface area (Å²) in [5.74, 6) is 2.13. The Morgan fingerprint density at radius 3 is 2.71 bits per heavy atom. The average molecular weight is 238 g/mol. The third kappa shape index (κ3) is 2.28. The normalized spacial score (nSPS) is 44.4. The number of hydrogen-bond acceptors (Lipinski definition) is 3. The minimum absolute atomic E-state index is 0.00574. The lowest BCUT2D eigenvalue weighted by Crippen LogP contribution is -2.31. The molecule has 3 aliphatic rings. The smallest absolute Gasteiger partial charge is 0.157 e. The van der Waals surface area contributed by atoms with E-state index in [9.17, 15) is 5.11 Å². The molecule has 2 bridgehead atoms. The van der Waals surface area contributed by atoms with Gasteiger partial charge in [-0.05, 0) is 49.4 Å². The lowest BCUT2D eigenvalue weighted by atomic mass is 9.84. The fourth-order valence-electron chi connectivity index (χ4n) is 3.61. The molecule has 1 saturated heterocycles. The molecule has 0 spiro atoms. The molecule has 2 aliphatic carbocycles. The fraction of sp³-hybridized carbons (Fsp3) is 0.857. The third-order valence-electron chi connectivity index (χ3n) is 4.62. The number of aliphatic hydroxyl groups excluding tert-OH is 1. The van der Waals surface area contributed by atoms with Crippen LogP contribution in [0.5, 0.6) is 0 Å². The van der Waals surface area contributed by atoms with Crippen LogP contribution in [-0.2, 0) is 9.47 Å². The Balaban J connectivity index is 1.52. The van der Waals surface area contributed by atoms with Crippen molar-refractivity contribution < 1.29 is 14.6 Å². The Morgan fingerprint density at radius 1 is 1.18 bits per heavy atom. The SMILES string of the molecule is OC[C@@H]1[C@H](COC2CCCCO2)[C@@H]2C=C[C@H]1C2. The maximum Gasteiger partial charge on any atom is 0.157 e. The van der Waals surface area contributed by atoms with Crippen LogP contribution in [0.1, 0.15) is 25.7 Å². The van der Waals surface area contributed by atoms with Crippen LogP contribution in [0.4, 0.5) is 0 Å².